The lowest BCUT2D eigenvalue weighted by atomic mass is 10.3. The van der Waals surface area contributed by atoms with Crippen molar-refractivity contribution in [1.29, 1.82) is 0 Å². The van der Waals surface area contributed by atoms with Crippen molar-refractivity contribution in [3.05, 3.63) is 46.6 Å². The molecule has 15 heavy (non-hydrogen) atoms. The van der Waals surface area contributed by atoms with Crippen molar-refractivity contribution < 1.29 is 5.11 Å². The second-order valence-electron chi connectivity index (χ2n) is 3.05. The molecule has 0 bridgehead atoms. The molecule has 0 unspecified atom stereocenters. The Hall–Kier alpha value is -1.62. The van der Waals surface area contributed by atoms with E-state index in [-0.39, 0.29) is 11.4 Å². The van der Waals surface area contributed by atoms with Gasteiger partial charge in [0, 0.05) is 22.5 Å². The van der Waals surface area contributed by atoms with Crippen molar-refractivity contribution in [2.24, 2.45) is 0 Å². The lowest BCUT2D eigenvalue weighted by Crippen LogP contribution is -2.00. The molecule has 1 heterocycles. The second kappa shape index (κ2) is 4.27. The number of benzene rings is 1. The van der Waals surface area contributed by atoms with E-state index >= 15 is 0 Å². The molecule has 0 spiro atoms. The van der Waals surface area contributed by atoms with E-state index in [4.69, 9.17) is 5.11 Å². The molecule has 4 nitrogen and oxygen atoms in total. The van der Waals surface area contributed by atoms with Gasteiger partial charge in [0.05, 0.1) is 0 Å². The number of aromatic amines is 2. The predicted octanol–water partition coefficient (Wildman–Crippen LogP) is 1.70. The summed E-state index contributed by atoms with van der Waals surface area (Å²) in [4.78, 5) is 17.1. The first-order valence-corrected chi connectivity index (χ1v) is 5.41. The third-order valence-electron chi connectivity index (χ3n) is 1.88. The number of phenols is 1. The van der Waals surface area contributed by atoms with Crippen LogP contribution < -0.4 is 5.69 Å². The Labute approximate surface area is 90.4 Å². The van der Waals surface area contributed by atoms with E-state index in [1.165, 1.54) is 0 Å². The first kappa shape index (κ1) is 9.92. The average molecular weight is 222 g/mol. The molecular weight excluding hydrogens is 212 g/mol. The van der Waals surface area contributed by atoms with E-state index < -0.39 is 0 Å². The largest absolute Gasteiger partial charge is 0.508 e. The van der Waals surface area contributed by atoms with E-state index in [1.807, 2.05) is 12.1 Å². The van der Waals surface area contributed by atoms with Gasteiger partial charge in [0.25, 0.3) is 0 Å². The summed E-state index contributed by atoms with van der Waals surface area (Å²) in [5, 5.41) is 9.08. The van der Waals surface area contributed by atoms with Crippen LogP contribution in [-0.2, 0) is 5.75 Å². The number of phenolic OH excluding ortho intramolecular Hbond substituents is 1. The molecule has 1 aromatic carbocycles. The molecule has 1 aromatic heterocycles. The van der Waals surface area contributed by atoms with Gasteiger partial charge in [-0.3, -0.25) is 0 Å². The Balaban J connectivity index is 1.99. The van der Waals surface area contributed by atoms with Gasteiger partial charge in [0.2, 0.25) is 0 Å². The summed E-state index contributed by atoms with van der Waals surface area (Å²) in [7, 11) is 0. The van der Waals surface area contributed by atoms with E-state index in [0.29, 0.717) is 5.75 Å². The van der Waals surface area contributed by atoms with Crippen molar-refractivity contribution in [3.63, 3.8) is 0 Å². The smallest absolute Gasteiger partial charge is 0.323 e. The van der Waals surface area contributed by atoms with Crippen molar-refractivity contribution in [1.82, 2.24) is 9.97 Å². The number of hydrogen-bond acceptors (Lipinski definition) is 3. The van der Waals surface area contributed by atoms with E-state index in [0.717, 1.165) is 10.6 Å². The lowest BCUT2D eigenvalue weighted by molar-refractivity contribution is 0.475. The number of nitrogens with one attached hydrogen (secondary N) is 2. The fourth-order valence-corrected chi connectivity index (χ4v) is 1.96. The number of hydrogen-bond donors (Lipinski definition) is 3. The van der Waals surface area contributed by atoms with Crippen molar-refractivity contribution in [2.75, 3.05) is 0 Å². The molecule has 0 saturated heterocycles. The van der Waals surface area contributed by atoms with Gasteiger partial charge in [0.1, 0.15) is 5.75 Å². The quantitative estimate of drug-likeness (QED) is 0.692. The number of imidazole rings is 1. The van der Waals surface area contributed by atoms with Crippen LogP contribution >= 0.6 is 11.8 Å². The molecule has 0 atom stereocenters. The van der Waals surface area contributed by atoms with Crippen LogP contribution in [0.5, 0.6) is 5.75 Å². The number of rotatable bonds is 3. The zero-order valence-corrected chi connectivity index (χ0v) is 8.67. The van der Waals surface area contributed by atoms with Gasteiger partial charge in [-0.05, 0) is 24.3 Å². The molecule has 5 heteroatoms. The normalized spacial score (nSPS) is 10.4. The summed E-state index contributed by atoms with van der Waals surface area (Å²) >= 11 is 1.59. The maximum atomic E-state index is 10.8. The van der Waals surface area contributed by atoms with Crippen LogP contribution in [0.4, 0.5) is 0 Å². The van der Waals surface area contributed by atoms with Crippen LogP contribution in [0.3, 0.4) is 0 Å². The number of thioether (sulfide) groups is 1. The van der Waals surface area contributed by atoms with Crippen LogP contribution in [0, 0.1) is 0 Å². The number of H-pyrrole nitrogens is 2. The molecule has 0 fully saturated rings. The zero-order chi connectivity index (χ0) is 10.7. The minimum absolute atomic E-state index is 0.184. The molecule has 0 aliphatic carbocycles. The third-order valence-corrected chi connectivity index (χ3v) is 2.94. The Kier molecular flexibility index (Phi) is 2.82. The summed E-state index contributed by atoms with van der Waals surface area (Å²) < 4.78 is 0. The summed E-state index contributed by atoms with van der Waals surface area (Å²) in [6.07, 6.45) is 1.66. The summed E-state index contributed by atoms with van der Waals surface area (Å²) in [5.41, 5.74) is 0.675. The Morgan fingerprint density at radius 1 is 1.27 bits per heavy atom. The number of aromatic nitrogens is 2. The fraction of sp³-hybridized carbons (Fsp3) is 0.100. The van der Waals surface area contributed by atoms with Crippen LogP contribution in [0.15, 0.2) is 40.2 Å². The van der Waals surface area contributed by atoms with E-state index in [2.05, 4.69) is 9.97 Å². The van der Waals surface area contributed by atoms with Gasteiger partial charge in [0.15, 0.2) is 0 Å². The van der Waals surface area contributed by atoms with Gasteiger partial charge >= 0.3 is 5.69 Å². The molecule has 2 aromatic rings. The van der Waals surface area contributed by atoms with E-state index in [9.17, 15) is 4.79 Å². The molecule has 78 valence electrons. The highest BCUT2D eigenvalue weighted by molar-refractivity contribution is 7.98. The molecule has 0 radical (unpaired) electrons. The summed E-state index contributed by atoms with van der Waals surface area (Å²) in [6.45, 7) is 0. The monoisotopic (exact) mass is 222 g/mol. The number of aromatic hydroxyl groups is 1. The lowest BCUT2D eigenvalue weighted by Gasteiger charge is -1.99. The average Bonchev–Trinajstić information content (AvgIpc) is 2.64. The molecule has 0 aliphatic rings. The van der Waals surface area contributed by atoms with Crippen LogP contribution in [0.25, 0.3) is 0 Å². The van der Waals surface area contributed by atoms with Crippen LogP contribution in [0.1, 0.15) is 5.69 Å². The maximum Gasteiger partial charge on any atom is 0.323 e. The summed E-state index contributed by atoms with van der Waals surface area (Å²) in [6, 6.07) is 6.96. The Morgan fingerprint density at radius 2 is 2.00 bits per heavy atom. The highest BCUT2D eigenvalue weighted by Gasteiger charge is 1.98. The SMILES string of the molecule is O=c1[nH]cc(CSc2ccc(O)cc2)[nH]1. The Bertz CT molecular complexity index is 487. The molecule has 0 saturated carbocycles. The first-order valence-electron chi connectivity index (χ1n) is 4.42. The summed E-state index contributed by atoms with van der Waals surface area (Å²) in [5.74, 6) is 0.957. The molecule has 0 amide bonds. The van der Waals surface area contributed by atoms with Crippen molar-refractivity contribution in [2.45, 2.75) is 10.6 Å². The van der Waals surface area contributed by atoms with Crippen molar-refractivity contribution >= 4 is 11.8 Å². The standard InChI is InChI=1S/C10H10N2O2S/c13-8-1-3-9(4-2-8)15-6-7-5-11-10(14)12-7/h1-5,13H,6H2,(H2,11,12,14). The minimum atomic E-state index is -0.184. The van der Waals surface area contributed by atoms with Crippen LogP contribution in [0.2, 0.25) is 0 Å². The van der Waals surface area contributed by atoms with Gasteiger partial charge in [-0.1, -0.05) is 0 Å². The molecule has 3 N–H and O–H groups in total. The maximum absolute atomic E-state index is 10.8. The second-order valence-corrected chi connectivity index (χ2v) is 4.10. The minimum Gasteiger partial charge on any atom is -0.508 e. The van der Waals surface area contributed by atoms with Crippen molar-refractivity contribution in [3.8, 4) is 5.75 Å². The highest BCUT2D eigenvalue weighted by Crippen LogP contribution is 2.23. The van der Waals surface area contributed by atoms with E-state index in [1.54, 1.807) is 30.1 Å². The van der Waals surface area contributed by atoms with Gasteiger partial charge in [-0.15, -0.1) is 11.8 Å². The van der Waals surface area contributed by atoms with Gasteiger partial charge in [-0.2, -0.15) is 0 Å². The molecule has 0 aliphatic heterocycles. The van der Waals surface area contributed by atoms with Crippen LogP contribution in [-0.4, -0.2) is 15.1 Å². The van der Waals surface area contributed by atoms with Gasteiger partial charge in [-0.25, -0.2) is 4.79 Å². The molecular formula is C10H10N2O2S. The highest BCUT2D eigenvalue weighted by atomic mass is 32.2. The van der Waals surface area contributed by atoms with Gasteiger partial charge < -0.3 is 15.1 Å². The Morgan fingerprint density at radius 3 is 2.60 bits per heavy atom. The predicted molar refractivity (Wildman–Crippen MR) is 59.1 cm³/mol. The molecule has 2 rings (SSSR count). The zero-order valence-electron chi connectivity index (χ0n) is 7.86. The fourth-order valence-electron chi connectivity index (χ4n) is 1.15. The third kappa shape index (κ3) is 2.66. The first-order chi connectivity index (χ1) is 7.24. The topological polar surface area (TPSA) is 68.9 Å².